The van der Waals surface area contributed by atoms with Crippen molar-refractivity contribution < 1.29 is 5.11 Å². The largest absolute Gasteiger partial charge is 0.494 e. The maximum atomic E-state index is 12.4. The first kappa shape index (κ1) is 17.2. The summed E-state index contributed by atoms with van der Waals surface area (Å²) in [5, 5.41) is 10.7. The van der Waals surface area contributed by atoms with Crippen LogP contribution in [-0.4, -0.2) is 20.9 Å². The highest BCUT2D eigenvalue weighted by Gasteiger charge is 2.18. The molecule has 0 amide bonds. The Morgan fingerprint density at radius 3 is 2.74 bits per heavy atom. The summed E-state index contributed by atoms with van der Waals surface area (Å²) in [6.07, 6.45) is 3.16. The molecule has 0 atom stereocenters. The topological polar surface area (TPSA) is 87.4 Å². The van der Waals surface area contributed by atoms with Crippen LogP contribution in [0, 0.1) is 6.92 Å². The van der Waals surface area contributed by atoms with E-state index in [4.69, 9.17) is 0 Å². The number of aromatic nitrogens is 2. The van der Waals surface area contributed by atoms with Gasteiger partial charge in [-0.15, -0.1) is 0 Å². The molecule has 0 saturated carbocycles. The predicted octanol–water partition coefficient (Wildman–Crippen LogP) is 3.56. The number of benzene rings is 2. The second-order valence-corrected chi connectivity index (χ2v) is 7.05. The summed E-state index contributed by atoms with van der Waals surface area (Å²) in [4.78, 5) is 31.3. The number of fused-ring (bicyclic) bond motifs is 1. The van der Waals surface area contributed by atoms with Crippen molar-refractivity contribution in [3.8, 4) is 11.6 Å². The van der Waals surface area contributed by atoms with Crippen LogP contribution < -0.4 is 11.2 Å². The summed E-state index contributed by atoms with van der Waals surface area (Å²) < 4.78 is 1.94. The number of H-pyrrole nitrogens is 1. The number of hydrogen-bond donors (Lipinski definition) is 2. The fourth-order valence-corrected chi connectivity index (χ4v) is 3.55. The van der Waals surface area contributed by atoms with Crippen molar-refractivity contribution in [2.45, 2.75) is 6.92 Å². The lowest BCUT2D eigenvalue weighted by Crippen LogP contribution is -2.30. The van der Waals surface area contributed by atoms with Crippen molar-refractivity contribution in [2.75, 3.05) is 0 Å². The number of aromatic amines is 1. The van der Waals surface area contributed by atoms with Gasteiger partial charge >= 0.3 is 5.69 Å². The second kappa shape index (κ2) is 6.51. The van der Waals surface area contributed by atoms with Gasteiger partial charge in [0.1, 0.15) is 5.56 Å². The highest BCUT2D eigenvalue weighted by Crippen LogP contribution is 2.33. The Kier molecular flexibility index (Phi) is 4.16. The molecule has 4 rings (SSSR count). The first-order chi connectivity index (χ1) is 13.0. The van der Waals surface area contributed by atoms with Gasteiger partial charge in [0.15, 0.2) is 0 Å². The molecule has 0 saturated heterocycles. The quantitative estimate of drug-likeness (QED) is 0.660. The van der Waals surface area contributed by atoms with Gasteiger partial charge in [-0.3, -0.25) is 14.8 Å². The lowest BCUT2D eigenvalue weighted by atomic mass is 10.1. The van der Waals surface area contributed by atoms with E-state index in [0.29, 0.717) is 11.3 Å². The lowest BCUT2D eigenvalue weighted by Gasteiger charge is -2.13. The van der Waals surface area contributed by atoms with E-state index in [1.54, 1.807) is 18.3 Å². The molecule has 2 aromatic carbocycles. The highest BCUT2D eigenvalue weighted by molar-refractivity contribution is 9.10. The van der Waals surface area contributed by atoms with E-state index >= 15 is 0 Å². The fourth-order valence-electron chi connectivity index (χ4n) is 3.07. The number of nitrogens with one attached hydrogen (secondary N) is 1. The second-order valence-electron chi connectivity index (χ2n) is 6.14. The summed E-state index contributed by atoms with van der Waals surface area (Å²) in [5.74, 6) is -0.417. The van der Waals surface area contributed by atoms with Crippen LogP contribution in [0.3, 0.4) is 0 Å². The number of aryl methyl sites for hydroxylation is 1. The molecule has 0 unspecified atom stereocenters. The number of hydrogen-bond acceptors (Lipinski definition) is 4. The molecule has 6 nitrogen and oxygen atoms in total. The average Bonchev–Trinajstić information content (AvgIpc) is 3.03. The molecule has 2 heterocycles. The summed E-state index contributed by atoms with van der Waals surface area (Å²) in [6, 6.07) is 12.8. The summed E-state index contributed by atoms with van der Waals surface area (Å²) >= 11 is 3.37. The number of aromatic hydroxyl groups is 1. The van der Waals surface area contributed by atoms with Crippen molar-refractivity contribution in [2.24, 2.45) is 4.99 Å². The summed E-state index contributed by atoms with van der Waals surface area (Å²) in [7, 11) is 0. The van der Waals surface area contributed by atoms with Crippen LogP contribution in [0.25, 0.3) is 17.3 Å². The Bertz CT molecular complexity index is 1250. The minimum Gasteiger partial charge on any atom is -0.494 e. The van der Waals surface area contributed by atoms with E-state index in [1.807, 2.05) is 37.3 Å². The molecule has 3 aromatic rings. The number of allylic oxidation sites excluding steroid dienone is 1. The summed E-state index contributed by atoms with van der Waals surface area (Å²) in [5.41, 5.74) is 2.21. The van der Waals surface area contributed by atoms with Crippen LogP contribution >= 0.6 is 15.9 Å². The van der Waals surface area contributed by atoms with E-state index < -0.39 is 17.1 Å². The van der Waals surface area contributed by atoms with Gasteiger partial charge in [0, 0.05) is 21.8 Å². The van der Waals surface area contributed by atoms with Gasteiger partial charge in [-0.1, -0.05) is 34.1 Å². The van der Waals surface area contributed by atoms with Crippen molar-refractivity contribution in [3.63, 3.8) is 0 Å². The number of halogens is 1. The van der Waals surface area contributed by atoms with Crippen molar-refractivity contribution in [3.05, 3.63) is 84.5 Å². The minimum absolute atomic E-state index is 0.00456. The average molecular weight is 424 g/mol. The van der Waals surface area contributed by atoms with Crippen molar-refractivity contribution in [1.29, 1.82) is 0 Å². The molecule has 1 aliphatic rings. The molecule has 27 heavy (non-hydrogen) atoms. The maximum absolute atomic E-state index is 12.4. The smallest absolute Gasteiger partial charge is 0.335 e. The fraction of sp³-hybridized carbons (Fsp3) is 0.0500. The minimum atomic E-state index is -0.703. The van der Waals surface area contributed by atoms with Gasteiger partial charge < -0.3 is 5.11 Å². The van der Waals surface area contributed by atoms with Gasteiger partial charge in [-0.05, 0) is 42.8 Å². The number of nitrogens with zero attached hydrogens (tertiary/aromatic N) is 2. The zero-order valence-corrected chi connectivity index (χ0v) is 15.8. The van der Waals surface area contributed by atoms with E-state index in [0.717, 1.165) is 25.9 Å². The zero-order chi connectivity index (χ0) is 19.1. The first-order valence-corrected chi connectivity index (χ1v) is 8.95. The van der Waals surface area contributed by atoms with Crippen LogP contribution in [0.5, 0.6) is 5.88 Å². The molecular weight excluding hydrogens is 410 g/mol. The lowest BCUT2D eigenvalue weighted by molar-refractivity contribution is 0.429. The van der Waals surface area contributed by atoms with Crippen molar-refractivity contribution in [1.82, 2.24) is 9.55 Å². The molecule has 1 aliphatic heterocycles. The SMILES string of the molecule is Cc1cc(Br)ccc1-n1c(O)c(/C=C2\C=Nc3ccccc32)c(=O)[nH]c1=O. The Hall–Kier alpha value is -3.19. The molecule has 0 spiro atoms. The molecule has 0 bridgehead atoms. The van der Waals surface area contributed by atoms with Crippen LogP contribution in [0.4, 0.5) is 5.69 Å². The van der Waals surface area contributed by atoms with Crippen LogP contribution in [0.1, 0.15) is 16.7 Å². The molecule has 0 radical (unpaired) electrons. The predicted molar refractivity (Wildman–Crippen MR) is 109 cm³/mol. The van der Waals surface area contributed by atoms with Gasteiger partial charge in [0.25, 0.3) is 5.56 Å². The Balaban J connectivity index is 1.94. The number of rotatable bonds is 2. The third-order valence-corrected chi connectivity index (χ3v) is 4.87. The molecule has 2 N–H and O–H groups in total. The van der Waals surface area contributed by atoms with Crippen LogP contribution in [0.2, 0.25) is 0 Å². The Morgan fingerprint density at radius 1 is 1.19 bits per heavy atom. The monoisotopic (exact) mass is 423 g/mol. The zero-order valence-electron chi connectivity index (χ0n) is 14.2. The number of para-hydroxylation sites is 1. The molecule has 134 valence electrons. The van der Waals surface area contributed by atoms with Gasteiger partial charge in [-0.2, -0.15) is 0 Å². The Morgan fingerprint density at radius 2 is 1.96 bits per heavy atom. The van der Waals surface area contributed by atoms with Crippen LogP contribution in [-0.2, 0) is 0 Å². The van der Waals surface area contributed by atoms with Gasteiger partial charge in [0.05, 0.1) is 11.4 Å². The molecule has 0 aliphatic carbocycles. The van der Waals surface area contributed by atoms with E-state index in [-0.39, 0.29) is 5.56 Å². The molecular formula is C20H14BrN3O3. The summed E-state index contributed by atoms with van der Waals surface area (Å²) in [6.45, 7) is 1.81. The third-order valence-electron chi connectivity index (χ3n) is 4.38. The van der Waals surface area contributed by atoms with E-state index in [2.05, 4.69) is 25.9 Å². The molecule has 0 fully saturated rings. The van der Waals surface area contributed by atoms with Crippen molar-refractivity contribution >= 4 is 39.5 Å². The standard InChI is InChI=1S/C20H14BrN3O3/c1-11-8-13(21)6-7-17(11)24-19(26)15(18(25)23-20(24)27)9-12-10-22-16-5-3-2-4-14(12)16/h2-10,26H,1H3,(H,23,25,27)/b12-9+. The third kappa shape index (κ3) is 2.96. The molecule has 1 aromatic heterocycles. The number of aliphatic imine (C=N–C) groups is 1. The first-order valence-electron chi connectivity index (χ1n) is 8.15. The van der Waals surface area contributed by atoms with Gasteiger partial charge in [0.2, 0.25) is 5.88 Å². The van der Waals surface area contributed by atoms with E-state index in [9.17, 15) is 14.7 Å². The molecule has 7 heteroatoms. The maximum Gasteiger partial charge on any atom is 0.335 e. The van der Waals surface area contributed by atoms with Gasteiger partial charge in [-0.25, -0.2) is 9.36 Å². The highest BCUT2D eigenvalue weighted by atomic mass is 79.9. The normalized spacial score (nSPS) is 13.9. The van der Waals surface area contributed by atoms with Crippen LogP contribution in [0.15, 0.2) is 61.5 Å². The Labute approximate surface area is 162 Å². The van der Waals surface area contributed by atoms with E-state index in [1.165, 1.54) is 6.08 Å².